The minimum atomic E-state index is -3.61. The number of hydrogen-bond donors (Lipinski definition) is 1. The molecule has 4 rings (SSSR count). The van der Waals surface area contributed by atoms with Crippen molar-refractivity contribution >= 4 is 21.8 Å². The summed E-state index contributed by atoms with van der Waals surface area (Å²) in [7, 11) is -3.61. The van der Waals surface area contributed by atoms with E-state index < -0.39 is 27.8 Å². The van der Waals surface area contributed by atoms with E-state index in [9.17, 15) is 18.0 Å². The van der Waals surface area contributed by atoms with Crippen molar-refractivity contribution < 1.29 is 22.7 Å². The van der Waals surface area contributed by atoms with Crippen molar-refractivity contribution in [3.8, 4) is 0 Å². The lowest BCUT2D eigenvalue weighted by atomic mass is 9.97. The molecule has 9 heteroatoms. The van der Waals surface area contributed by atoms with E-state index in [4.69, 9.17) is 10.5 Å². The molecule has 0 aromatic heterocycles. The van der Waals surface area contributed by atoms with Crippen molar-refractivity contribution in [2.75, 3.05) is 32.1 Å². The molecule has 1 aliphatic heterocycles. The zero-order valence-corrected chi connectivity index (χ0v) is 23.4. The van der Waals surface area contributed by atoms with Crippen LogP contribution >= 0.6 is 0 Å². The number of primary amides is 1. The molecule has 40 heavy (non-hydrogen) atoms. The van der Waals surface area contributed by atoms with E-state index in [1.807, 2.05) is 60.7 Å². The molecule has 3 aromatic carbocycles. The Balaban J connectivity index is 1.69. The fourth-order valence-electron chi connectivity index (χ4n) is 5.07. The highest BCUT2D eigenvalue weighted by Gasteiger charge is 2.37. The molecule has 0 aliphatic carbocycles. The maximum atomic E-state index is 14.1. The normalized spacial score (nSPS) is 15.2. The lowest BCUT2D eigenvalue weighted by molar-refractivity contribution is -0.123. The van der Waals surface area contributed by atoms with Crippen molar-refractivity contribution in [3.05, 3.63) is 102 Å². The van der Waals surface area contributed by atoms with Crippen molar-refractivity contribution in [3.63, 3.8) is 0 Å². The van der Waals surface area contributed by atoms with Gasteiger partial charge in [0.05, 0.1) is 23.9 Å². The van der Waals surface area contributed by atoms with Gasteiger partial charge in [0.25, 0.3) is 0 Å². The van der Waals surface area contributed by atoms with Crippen LogP contribution in [0.2, 0.25) is 0 Å². The first-order valence-corrected chi connectivity index (χ1v) is 15.3. The lowest BCUT2D eigenvalue weighted by Crippen LogP contribution is -2.59. The summed E-state index contributed by atoms with van der Waals surface area (Å²) in [5.74, 6) is -0.790. The molecule has 212 valence electrons. The van der Waals surface area contributed by atoms with Gasteiger partial charge in [-0.15, -0.1) is 0 Å². The molecule has 0 bridgehead atoms. The number of nitrogens with zero attached hydrogens (tertiary/aromatic N) is 2. The maximum absolute atomic E-state index is 14.1. The Kier molecular flexibility index (Phi) is 10.3. The molecule has 1 saturated heterocycles. The molecule has 2 N–H and O–H groups in total. The van der Waals surface area contributed by atoms with E-state index in [1.165, 1.54) is 0 Å². The Bertz CT molecular complexity index is 1330. The third-order valence-corrected chi connectivity index (χ3v) is 9.03. The molecular weight excluding hydrogens is 526 g/mol. The van der Waals surface area contributed by atoms with Crippen molar-refractivity contribution in [2.45, 2.75) is 42.7 Å². The second-order valence-electron chi connectivity index (χ2n) is 10.00. The second-order valence-corrected chi connectivity index (χ2v) is 12.1. The molecule has 1 unspecified atom stereocenters. The second kappa shape index (κ2) is 14.1. The third-order valence-electron chi connectivity index (χ3n) is 7.26. The minimum Gasteiger partial charge on any atom is -0.378 e. The molecule has 0 spiro atoms. The van der Waals surface area contributed by atoms with Gasteiger partial charge in [-0.1, -0.05) is 78.9 Å². The monoisotopic (exact) mass is 563 g/mol. The number of sulfone groups is 1. The smallest absolute Gasteiger partial charge is 0.321 e. The predicted octanol–water partition coefficient (Wildman–Crippen LogP) is 3.70. The van der Waals surface area contributed by atoms with E-state index in [-0.39, 0.29) is 29.5 Å². The fraction of sp³-hybridized carbons (Fsp3) is 0.355. The molecule has 0 radical (unpaired) electrons. The number of aryl methyl sites for hydroxylation is 1. The average molecular weight is 564 g/mol. The van der Waals surface area contributed by atoms with Gasteiger partial charge < -0.3 is 20.3 Å². The molecule has 1 fully saturated rings. The van der Waals surface area contributed by atoms with Gasteiger partial charge in [-0.05, 0) is 42.5 Å². The summed E-state index contributed by atoms with van der Waals surface area (Å²) in [5.41, 5.74) is 7.91. The van der Waals surface area contributed by atoms with Gasteiger partial charge in [-0.3, -0.25) is 4.79 Å². The van der Waals surface area contributed by atoms with Gasteiger partial charge in [0.2, 0.25) is 5.91 Å². The number of nitrogens with two attached hydrogens (primary N) is 1. The molecule has 3 aromatic rings. The van der Waals surface area contributed by atoms with Gasteiger partial charge in [-0.2, -0.15) is 0 Å². The Morgan fingerprint density at radius 1 is 0.825 bits per heavy atom. The fourth-order valence-corrected chi connectivity index (χ4v) is 6.46. The van der Waals surface area contributed by atoms with Crippen molar-refractivity contribution in [2.24, 2.45) is 5.73 Å². The van der Waals surface area contributed by atoms with E-state index >= 15 is 0 Å². The highest BCUT2D eigenvalue weighted by atomic mass is 32.2. The van der Waals surface area contributed by atoms with E-state index in [0.717, 1.165) is 11.1 Å². The number of benzene rings is 3. The predicted molar refractivity (Wildman–Crippen MR) is 154 cm³/mol. The SMILES string of the molecule is NC(=O)[C@H](Cc1ccccc1)N(C(=O)N1CCOCC1)C(CCc1ccccc1)CCS(=O)(=O)c1ccccc1. The molecule has 2 atom stereocenters. The average Bonchev–Trinajstić information content (AvgIpc) is 2.99. The topological polar surface area (TPSA) is 110 Å². The van der Waals surface area contributed by atoms with Gasteiger partial charge in [0.15, 0.2) is 9.84 Å². The first kappa shape index (κ1) is 29.3. The summed E-state index contributed by atoms with van der Waals surface area (Å²) in [6.45, 7) is 1.58. The molecule has 3 amide bonds. The first-order chi connectivity index (χ1) is 19.3. The molecule has 1 heterocycles. The first-order valence-electron chi connectivity index (χ1n) is 13.6. The number of morpholine rings is 1. The molecule has 8 nitrogen and oxygen atoms in total. The largest absolute Gasteiger partial charge is 0.378 e. The maximum Gasteiger partial charge on any atom is 0.321 e. The third kappa shape index (κ3) is 7.92. The van der Waals surface area contributed by atoms with E-state index in [0.29, 0.717) is 39.1 Å². The number of carbonyl (C=O) groups is 2. The van der Waals surface area contributed by atoms with Crippen LogP contribution in [0.4, 0.5) is 4.79 Å². The zero-order chi connectivity index (χ0) is 28.4. The number of ether oxygens (including phenoxy) is 1. The van der Waals surface area contributed by atoms with Crippen LogP contribution in [0.3, 0.4) is 0 Å². The van der Waals surface area contributed by atoms with Gasteiger partial charge in [0, 0.05) is 25.6 Å². The van der Waals surface area contributed by atoms with Crippen LogP contribution in [0, 0.1) is 0 Å². The number of hydrogen-bond acceptors (Lipinski definition) is 5. The van der Waals surface area contributed by atoms with E-state index in [1.54, 1.807) is 40.1 Å². The minimum absolute atomic E-state index is 0.165. The van der Waals surface area contributed by atoms with Crippen LogP contribution in [0.25, 0.3) is 0 Å². The van der Waals surface area contributed by atoms with Gasteiger partial charge in [0.1, 0.15) is 6.04 Å². The summed E-state index contributed by atoms with van der Waals surface area (Å²) in [5, 5.41) is 0. The van der Waals surface area contributed by atoms with Crippen LogP contribution in [-0.4, -0.2) is 74.3 Å². The Labute approximate surface area is 236 Å². The Morgan fingerprint density at radius 2 is 1.38 bits per heavy atom. The summed E-state index contributed by atoms with van der Waals surface area (Å²) < 4.78 is 32.0. The lowest BCUT2D eigenvalue weighted by Gasteiger charge is -2.41. The summed E-state index contributed by atoms with van der Waals surface area (Å²) in [6.07, 6.45) is 1.49. The molecule has 1 aliphatic rings. The van der Waals surface area contributed by atoms with Crippen LogP contribution in [0.1, 0.15) is 24.0 Å². The highest BCUT2D eigenvalue weighted by Crippen LogP contribution is 2.24. The zero-order valence-electron chi connectivity index (χ0n) is 22.6. The van der Waals surface area contributed by atoms with Crippen molar-refractivity contribution in [1.82, 2.24) is 9.80 Å². The highest BCUT2D eigenvalue weighted by molar-refractivity contribution is 7.91. The summed E-state index contributed by atoms with van der Waals surface area (Å²) >= 11 is 0. The quantitative estimate of drug-likeness (QED) is 0.361. The van der Waals surface area contributed by atoms with Crippen LogP contribution < -0.4 is 5.73 Å². The Hall–Kier alpha value is -3.69. The number of amides is 3. The van der Waals surface area contributed by atoms with Crippen LogP contribution in [0.5, 0.6) is 0 Å². The van der Waals surface area contributed by atoms with Crippen molar-refractivity contribution in [1.29, 1.82) is 0 Å². The van der Waals surface area contributed by atoms with Crippen LogP contribution in [-0.2, 0) is 32.2 Å². The standard InChI is InChI=1S/C31H37N3O5S/c32-30(35)29(24-26-12-6-2-7-13-26)34(31(36)33-19-21-39-22-20-33)27(17-16-25-10-4-1-5-11-25)18-23-40(37,38)28-14-8-3-9-15-28/h1-15,27,29H,16-24H2,(H2,32,35)/t27?,29-/m0/s1. The number of carbonyl (C=O) groups excluding carboxylic acids is 2. The number of rotatable bonds is 12. The Morgan fingerprint density at radius 3 is 1.95 bits per heavy atom. The summed E-state index contributed by atoms with van der Waals surface area (Å²) in [4.78, 5) is 30.6. The molecular formula is C31H37N3O5S. The van der Waals surface area contributed by atoms with Gasteiger partial charge in [-0.25, -0.2) is 13.2 Å². The number of urea groups is 1. The van der Waals surface area contributed by atoms with E-state index in [2.05, 4.69) is 0 Å². The van der Waals surface area contributed by atoms with Gasteiger partial charge >= 0.3 is 6.03 Å². The van der Waals surface area contributed by atoms with Crippen LogP contribution in [0.15, 0.2) is 95.9 Å². The molecule has 0 saturated carbocycles. The summed E-state index contributed by atoms with van der Waals surface area (Å²) in [6, 6.07) is 25.7.